The van der Waals surface area contributed by atoms with Crippen LogP contribution in [0.2, 0.25) is 0 Å². The standard InChI is InChI=1S/C19H24N4O/c1-15(2)12-19(24)23-10-8-22(9-11-23)18-13-17(20-14-21-18)16-6-4-3-5-7-16/h3-7,13-15H,8-12H2,1-2H3. The average molecular weight is 324 g/mol. The molecule has 0 N–H and O–H groups in total. The minimum atomic E-state index is 0.261. The molecule has 5 heteroatoms. The smallest absolute Gasteiger partial charge is 0.222 e. The minimum Gasteiger partial charge on any atom is -0.353 e. The topological polar surface area (TPSA) is 49.3 Å². The van der Waals surface area contributed by atoms with E-state index in [1.807, 2.05) is 29.2 Å². The van der Waals surface area contributed by atoms with Gasteiger partial charge in [-0.3, -0.25) is 4.79 Å². The Hall–Kier alpha value is -2.43. The highest BCUT2D eigenvalue weighted by Gasteiger charge is 2.22. The Labute approximate surface area is 143 Å². The van der Waals surface area contributed by atoms with Crippen LogP contribution in [0.15, 0.2) is 42.7 Å². The van der Waals surface area contributed by atoms with E-state index in [0.717, 1.165) is 43.3 Å². The first kappa shape index (κ1) is 16.4. The summed E-state index contributed by atoms with van der Waals surface area (Å²) in [6.07, 6.45) is 2.25. The van der Waals surface area contributed by atoms with Crippen LogP contribution < -0.4 is 4.90 Å². The number of piperazine rings is 1. The molecule has 0 bridgehead atoms. The lowest BCUT2D eigenvalue weighted by Gasteiger charge is -2.35. The largest absolute Gasteiger partial charge is 0.353 e. The molecular formula is C19H24N4O. The number of anilines is 1. The molecule has 0 atom stereocenters. The summed E-state index contributed by atoms with van der Waals surface area (Å²) in [4.78, 5) is 25.2. The number of carbonyl (C=O) groups is 1. The van der Waals surface area contributed by atoms with Crippen molar-refractivity contribution in [3.8, 4) is 11.3 Å². The highest BCUT2D eigenvalue weighted by Crippen LogP contribution is 2.21. The number of hydrogen-bond acceptors (Lipinski definition) is 4. The molecule has 24 heavy (non-hydrogen) atoms. The van der Waals surface area contributed by atoms with Crippen molar-refractivity contribution in [3.63, 3.8) is 0 Å². The second kappa shape index (κ2) is 7.43. The molecule has 5 nitrogen and oxygen atoms in total. The maximum Gasteiger partial charge on any atom is 0.222 e. The van der Waals surface area contributed by atoms with Gasteiger partial charge in [0, 0.05) is 44.2 Å². The fourth-order valence-electron chi connectivity index (χ4n) is 2.95. The third-order valence-electron chi connectivity index (χ3n) is 4.26. The molecular weight excluding hydrogens is 300 g/mol. The SMILES string of the molecule is CC(C)CC(=O)N1CCN(c2cc(-c3ccccc3)ncn2)CC1. The molecule has 3 rings (SSSR count). The Morgan fingerprint density at radius 2 is 1.79 bits per heavy atom. The van der Waals surface area contributed by atoms with E-state index in [1.165, 1.54) is 0 Å². The second-order valence-corrected chi connectivity index (χ2v) is 6.59. The van der Waals surface area contributed by atoms with E-state index in [2.05, 4.69) is 40.8 Å². The van der Waals surface area contributed by atoms with Gasteiger partial charge in [0.25, 0.3) is 0 Å². The molecule has 1 aromatic carbocycles. The first-order valence-electron chi connectivity index (χ1n) is 8.53. The van der Waals surface area contributed by atoms with Gasteiger partial charge in [-0.05, 0) is 5.92 Å². The number of rotatable bonds is 4. The van der Waals surface area contributed by atoms with Crippen molar-refractivity contribution in [2.45, 2.75) is 20.3 Å². The molecule has 0 saturated carbocycles. The lowest BCUT2D eigenvalue weighted by Crippen LogP contribution is -2.49. The number of carbonyl (C=O) groups excluding carboxylic acids is 1. The molecule has 0 spiro atoms. The summed E-state index contributed by atoms with van der Waals surface area (Å²) in [7, 11) is 0. The van der Waals surface area contributed by atoms with Crippen LogP contribution in [-0.4, -0.2) is 47.0 Å². The minimum absolute atomic E-state index is 0.261. The van der Waals surface area contributed by atoms with Crippen LogP contribution in [0.25, 0.3) is 11.3 Å². The normalized spacial score (nSPS) is 15.0. The van der Waals surface area contributed by atoms with Gasteiger partial charge in [0.1, 0.15) is 12.1 Å². The summed E-state index contributed by atoms with van der Waals surface area (Å²) in [5.74, 6) is 1.60. The lowest BCUT2D eigenvalue weighted by atomic mass is 10.1. The molecule has 1 aliphatic rings. The Morgan fingerprint density at radius 1 is 1.08 bits per heavy atom. The monoisotopic (exact) mass is 324 g/mol. The van der Waals surface area contributed by atoms with Gasteiger partial charge in [0.15, 0.2) is 0 Å². The summed E-state index contributed by atoms with van der Waals surface area (Å²) in [6.45, 7) is 7.32. The summed E-state index contributed by atoms with van der Waals surface area (Å²) in [5, 5.41) is 0. The van der Waals surface area contributed by atoms with Crippen molar-refractivity contribution in [1.82, 2.24) is 14.9 Å². The molecule has 0 aliphatic carbocycles. The van der Waals surface area contributed by atoms with Gasteiger partial charge in [-0.25, -0.2) is 9.97 Å². The van der Waals surface area contributed by atoms with Gasteiger partial charge >= 0.3 is 0 Å². The number of aromatic nitrogens is 2. The Morgan fingerprint density at radius 3 is 2.46 bits per heavy atom. The van der Waals surface area contributed by atoms with Crippen molar-refractivity contribution in [3.05, 3.63) is 42.7 Å². The van der Waals surface area contributed by atoms with Crippen molar-refractivity contribution < 1.29 is 4.79 Å². The maximum atomic E-state index is 12.2. The average Bonchev–Trinajstić information content (AvgIpc) is 2.62. The zero-order valence-electron chi connectivity index (χ0n) is 14.4. The van der Waals surface area contributed by atoms with Gasteiger partial charge < -0.3 is 9.80 Å². The molecule has 0 unspecified atom stereocenters. The van der Waals surface area contributed by atoms with E-state index in [9.17, 15) is 4.79 Å². The molecule has 2 aromatic rings. The fourth-order valence-corrected chi connectivity index (χ4v) is 2.95. The summed E-state index contributed by atoms with van der Waals surface area (Å²) in [5.41, 5.74) is 2.02. The number of nitrogens with zero attached hydrogens (tertiary/aromatic N) is 4. The molecule has 1 aromatic heterocycles. The van der Waals surface area contributed by atoms with Gasteiger partial charge in [-0.15, -0.1) is 0 Å². The third-order valence-corrected chi connectivity index (χ3v) is 4.26. The third kappa shape index (κ3) is 3.91. The van der Waals surface area contributed by atoms with Crippen LogP contribution in [0.5, 0.6) is 0 Å². The number of amides is 1. The molecule has 1 saturated heterocycles. The predicted octanol–water partition coefficient (Wildman–Crippen LogP) is 2.84. The van der Waals surface area contributed by atoms with Crippen molar-refractivity contribution in [2.75, 3.05) is 31.1 Å². The van der Waals surface area contributed by atoms with Crippen molar-refractivity contribution in [1.29, 1.82) is 0 Å². The molecule has 0 radical (unpaired) electrons. The zero-order chi connectivity index (χ0) is 16.9. The van der Waals surface area contributed by atoms with Gasteiger partial charge in [-0.1, -0.05) is 44.2 Å². The zero-order valence-corrected chi connectivity index (χ0v) is 14.4. The van der Waals surface area contributed by atoms with Crippen molar-refractivity contribution >= 4 is 11.7 Å². The predicted molar refractivity (Wildman–Crippen MR) is 95.7 cm³/mol. The highest BCUT2D eigenvalue weighted by molar-refractivity contribution is 5.76. The molecule has 1 amide bonds. The van der Waals surface area contributed by atoms with E-state index in [4.69, 9.17) is 0 Å². The first-order chi connectivity index (χ1) is 11.6. The highest BCUT2D eigenvalue weighted by atomic mass is 16.2. The summed E-state index contributed by atoms with van der Waals surface area (Å²) in [6, 6.07) is 12.1. The van der Waals surface area contributed by atoms with Gasteiger partial charge in [0.05, 0.1) is 5.69 Å². The Balaban J connectivity index is 1.66. The van der Waals surface area contributed by atoms with E-state index in [1.54, 1.807) is 6.33 Å². The quantitative estimate of drug-likeness (QED) is 0.868. The number of hydrogen-bond donors (Lipinski definition) is 0. The number of benzene rings is 1. The van der Waals surface area contributed by atoms with Crippen LogP contribution in [-0.2, 0) is 4.79 Å². The van der Waals surface area contributed by atoms with Gasteiger partial charge in [0.2, 0.25) is 5.91 Å². The van der Waals surface area contributed by atoms with E-state index < -0.39 is 0 Å². The van der Waals surface area contributed by atoms with Crippen molar-refractivity contribution in [2.24, 2.45) is 5.92 Å². The second-order valence-electron chi connectivity index (χ2n) is 6.59. The van der Waals surface area contributed by atoms with Crippen LogP contribution in [0, 0.1) is 5.92 Å². The van der Waals surface area contributed by atoms with E-state index >= 15 is 0 Å². The van der Waals surface area contributed by atoms with Crippen LogP contribution in [0.3, 0.4) is 0 Å². The Bertz CT molecular complexity index is 679. The van der Waals surface area contributed by atoms with E-state index in [-0.39, 0.29) is 5.91 Å². The molecule has 1 aliphatic heterocycles. The maximum absolute atomic E-state index is 12.2. The molecule has 2 heterocycles. The summed E-state index contributed by atoms with van der Waals surface area (Å²) >= 11 is 0. The fraction of sp³-hybridized carbons (Fsp3) is 0.421. The van der Waals surface area contributed by atoms with E-state index in [0.29, 0.717) is 12.3 Å². The van der Waals surface area contributed by atoms with Gasteiger partial charge in [-0.2, -0.15) is 0 Å². The van der Waals surface area contributed by atoms with Crippen LogP contribution in [0.4, 0.5) is 5.82 Å². The van der Waals surface area contributed by atoms with Crippen LogP contribution >= 0.6 is 0 Å². The first-order valence-corrected chi connectivity index (χ1v) is 8.53. The summed E-state index contributed by atoms with van der Waals surface area (Å²) < 4.78 is 0. The van der Waals surface area contributed by atoms with Crippen LogP contribution in [0.1, 0.15) is 20.3 Å². The molecule has 1 fully saturated rings. The Kier molecular flexibility index (Phi) is 5.08. The lowest BCUT2D eigenvalue weighted by molar-refractivity contribution is -0.132. The molecule has 126 valence electrons.